The summed E-state index contributed by atoms with van der Waals surface area (Å²) in [4.78, 5) is 22.9. The first kappa shape index (κ1) is 20.5. The number of hydrogen-bond donors (Lipinski definition) is 1. The van der Waals surface area contributed by atoms with E-state index >= 15 is 0 Å². The zero-order valence-corrected chi connectivity index (χ0v) is 17.4. The van der Waals surface area contributed by atoms with Gasteiger partial charge in [-0.2, -0.15) is 0 Å². The summed E-state index contributed by atoms with van der Waals surface area (Å²) in [5.41, 5.74) is 5.41. The van der Waals surface area contributed by atoms with Gasteiger partial charge in [0.05, 0.1) is 5.56 Å². The SMILES string of the molecule is CCc1cccc(CC)c1Nc1ccc(C(=O)N(C)CCc2ccncc2)cn1. The quantitative estimate of drug-likeness (QED) is 0.610. The van der Waals surface area contributed by atoms with Crippen molar-refractivity contribution in [2.24, 2.45) is 0 Å². The summed E-state index contributed by atoms with van der Waals surface area (Å²) < 4.78 is 0. The molecule has 0 aliphatic heterocycles. The summed E-state index contributed by atoms with van der Waals surface area (Å²) in [5, 5.41) is 3.44. The number of carbonyl (C=O) groups excluding carboxylic acids is 1. The second-order valence-corrected chi connectivity index (χ2v) is 7.05. The van der Waals surface area contributed by atoms with Crippen LogP contribution in [0.1, 0.15) is 40.9 Å². The van der Waals surface area contributed by atoms with Gasteiger partial charge in [0.15, 0.2) is 0 Å². The topological polar surface area (TPSA) is 58.1 Å². The van der Waals surface area contributed by atoms with Crippen molar-refractivity contribution in [1.82, 2.24) is 14.9 Å². The molecule has 29 heavy (non-hydrogen) atoms. The van der Waals surface area contributed by atoms with Gasteiger partial charge in [0, 0.05) is 37.9 Å². The largest absolute Gasteiger partial charge is 0.341 e. The maximum Gasteiger partial charge on any atom is 0.255 e. The molecule has 5 nitrogen and oxygen atoms in total. The Morgan fingerprint density at radius 3 is 2.28 bits per heavy atom. The van der Waals surface area contributed by atoms with Crippen molar-refractivity contribution in [2.45, 2.75) is 33.1 Å². The lowest BCUT2D eigenvalue weighted by molar-refractivity contribution is 0.0796. The van der Waals surface area contributed by atoms with Crippen LogP contribution in [0, 0.1) is 0 Å². The molecule has 0 spiro atoms. The first-order valence-electron chi connectivity index (χ1n) is 10.1. The molecule has 3 rings (SSSR count). The van der Waals surface area contributed by atoms with E-state index < -0.39 is 0 Å². The van der Waals surface area contributed by atoms with E-state index in [4.69, 9.17) is 0 Å². The van der Waals surface area contributed by atoms with Gasteiger partial charge < -0.3 is 10.2 Å². The number of pyridine rings is 2. The van der Waals surface area contributed by atoms with Gasteiger partial charge in [-0.25, -0.2) is 4.98 Å². The second kappa shape index (κ2) is 9.82. The van der Waals surface area contributed by atoms with Crippen LogP contribution in [-0.4, -0.2) is 34.4 Å². The number of hydrogen-bond acceptors (Lipinski definition) is 4. The Labute approximate surface area is 172 Å². The molecular weight excluding hydrogens is 360 g/mol. The molecule has 0 saturated carbocycles. The predicted molar refractivity (Wildman–Crippen MR) is 118 cm³/mol. The van der Waals surface area contributed by atoms with Gasteiger partial charge in [0.1, 0.15) is 5.82 Å². The van der Waals surface area contributed by atoms with Crippen molar-refractivity contribution < 1.29 is 4.79 Å². The molecule has 2 heterocycles. The maximum atomic E-state index is 12.7. The molecule has 3 aromatic rings. The first-order chi connectivity index (χ1) is 14.1. The van der Waals surface area contributed by atoms with Gasteiger partial charge in [-0.15, -0.1) is 0 Å². The first-order valence-corrected chi connectivity index (χ1v) is 10.1. The summed E-state index contributed by atoms with van der Waals surface area (Å²) in [6, 6.07) is 14.0. The Morgan fingerprint density at radius 1 is 1.00 bits per heavy atom. The van der Waals surface area contributed by atoms with Gasteiger partial charge in [0.2, 0.25) is 0 Å². The summed E-state index contributed by atoms with van der Waals surface area (Å²) in [6.07, 6.45) is 7.89. The Morgan fingerprint density at radius 2 is 1.69 bits per heavy atom. The number of aromatic nitrogens is 2. The summed E-state index contributed by atoms with van der Waals surface area (Å²) in [5.74, 6) is 0.720. The smallest absolute Gasteiger partial charge is 0.255 e. The lowest BCUT2D eigenvalue weighted by atomic mass is 10.0. The van der Waals surface area contributed by atoms with Gasteiger partial charge >= 0.3 is 0 Å². The molecule has 0 bridgehead atoms. The van der Waals surface area contributed by atoms with Crippen LogP contribution >= 0.6 is 0 Å². The highest BCUT2D eigenvalue weighted by Gasteiger charge is 2.13. The standard InChI is InChI=1S/C24H28N4O/c1-4-19-7-6-8-20(5-2)23(19)27-22-10-9-21(17-26-22)24(29)28(3)16-13-18-11-14-25-15-12-18/h6-12,14-15,17H,4-5,13,16H2,1-3H3,(H,26,27). The van der Waals surface area contributed by atoms with Crippen LogP contribution in [-0.2, 0) is 19.3 Å². The highest BCUT2D eigenvalue weighted by Crippen LogP contribution is 2.25. The molecule has 1 aromatic carbocycles. The molecule has 0 saturated heterocycles. The number of aryl methyl sites for hydroxylation is 2. The minimum absolute atomic E-state index is 0.0266. The fourth-order valence-corrected chi connectivity index (χ4v) is 3.29. The van der Waals surface area contributed by atoms with Crippen LogP contribution in [0.15, 0.2) is 61.1 Å². The van der Waals surface area contributed by atoms with Gasteiger partial charge in [0.25, 0.3) is 5.91 Å². The van der Waals surface area contributed by atoms with E-state index in [1.807, 2.05) is 31.3 Å². The number of nitrogens with zero attached hydrogens (tertiary/aromatic N) is 3. The number of benzene rings is 1. The molecule has 0 atom stereocenters. The molecule has 0 radical (unpaired) electrons. The number of nitrogens with one attached hydrogen (secondary N) is 1. The lowest BCUT2D eigenvalue weighted by Crippen LogP contribution is -2.28. The van der Waals surface area contributed by atoms with Crippen molar-refractivity contribution in [3.05, 3.63) is 83.3 Å². The van der Waals surface area contributed by atoms with E-state index in [1.54, 1.807) is 23.5 Å². The monoisotopic (exact) mass is 388 g/mol. The Kier molecular flexibility index (Phi) is 6.95. The predicted octanol–water partition coefficient (Wildman–Crippen LogP) is 4.66. The number of rotatable bonds is 8. The van der Waals surface area contributed by atoms with Gasteiger partial charge in [-0.3, -0.25) is 9.78 Å². The normalized spacial score (nSPS) is 10.6. The fourth-order valence-electron chi connectivity index (χ4n) is 3.29. The Bertz CT molecular complexity index is 917. The molecule has 5 heteroatoms. The zero-order valence-electron chi connectivity index (χ0n) is 17.4. The molecule has 0 fully saturated rings. The van der Waals surface area contributed by atoms with Crippen molar-refractivity contribution in [3.8, 4) is 0 Å². The molecule has 0 aliphatic carbocycles. The third-order valence-electron chi connectivity index (χ3n) is 5.09. The van der Waals surface area contributed by atoms with Crippen molar-refractivity contribution in [3.63, 3.8) is 0 Å². The van der Waals surface area contributed by atoms with E-state index in [0.717, 1.165) is 30.8 Å². The van der Waals surface area contributed by atoms with Crippen LogP contribution < -0.4 is 5.32 Å². The van der Waals surface area contributed by atoms with E-state index in [1.165, 1.54) is 16.7 Å². The Hall–Kier alpha value is -3.21. The number of carbonyl (C=O) groups is 1. The fraction of sp³-hybridized carbons (Fsp3) is 0.292. The lowest BCUT2D eigenvalue weighted by Gasteiger charge is -2.18. The number of anilines is 2. The molecule has 1 amide bonds. The number of para-hydroxylation sites is 1. The average Bonchev–Trinajstić information content (AvgIpc) is 2.78. The van der Waals surface area contributed by atoms with Gasteiger partial charge in [-0.1, -0.05) is 32.0 Å². The number of amides is 1. The summed E-state index contributed by atoms with van der Waals surface area (Å²) >= 11 is 0. The van der Waals surface area contributed by atoms with Crippen LogP contribution in [0.3, 0.4) is 0 Å². The van der Waals surface area contributed by atoms with E-state index in [-0.39, 0.29) is 5.91 Å². The third-order valence-corrected chi connectivity index (χ3v) is 5.09. The number of likely N-dealkylation sites (N-methyl/N-ethyl adjacent to an activating group) is 1. The third kappa shape index (κ3) is 5.19. The molecular formula is C24H28N4O. The van der Waals surface area contributed by atoms with E-state index in [0.29, 0.717) is 12.1 Å². The molecule has 150 valence electrons. The maximum absolute atomic E-state index is 12.7. The Balaban J connectivity index is 1.66. The van der Waals surface area contributed by atoms with Crippen molar-refractivity contribution in [2.75, 3.05) is 18.9 Å². The highest BCUT2D eigenvalue weighted by atomic mass is 16.2. The summed E-state index contributed by atoms with van der Waals surface area (Å²) in [6.45, 7) is 4.94. The zero-order chi connectivity index (χ0) is 20.6. The van der Waals surface area contributed by atoms with Crippen LogP contribution in [0.2, 0.25) is 0 Å². The van der Waals surface area contributed by atoms with Gasteiger partial charge in [-0.05, 0) is 60.2 Å². The average molecular weight is 389 g/mol. The molecule has 2 aromatic heterocycles. The van der Waals surface area contributed by atoms with E-state index in [9.17, 15) is 4.79 Å². The van der Waals surface area contributed by atoms with Crippen LogP contribution in [0.25, 0.3) is 0 Å². The van der Waals surface area contributed by atoms with Crippen molar-refractivity contribution >= 4 is 17.4 Å². The molecule has 0 unspecified atom stereocenters. The van der Waals surface area contributed by atoms with Crippen molar-refractivity contribution in [1.29, 1.82) is 0 Å². The second-order valence-electron chi connectivity index (χ2n) is 7.05. The summed E-state index contributed by atoms with van der Waals surface area (Å²) in [7, 11) is 1.82. The van der Waals surface area contributed by atoms with Crippen LogP contribution in [0.5, 0.6) is 0 Å². The van der Waals surface area contributed by atoms with E-state index in [2.05, 4.69) is 47.3 Å². The minimum atomic E-state index is -0.0266. The highest BCUT2D eigenvalue weighted by molar-refractivity contribution is 5.94. The molecule has 1 N–H and O–H groups in total. The minimum Gasteiger partial charge on any atom is -0.341 e. The molecule has 0 aliphatic rings. The van der Waals surface area contributed by atoms with Crippen LogP contribution in [0.4, 0.5) is 11.5 Å².